The third-order valence-corrected chi connectivity index (χ3v) is 1.61. The first-order valence-corrected chi connectivity index (χ1v) is 3.86. The molecule has 0 aromatic heterocycles. The van der Waals surface area contributed by atoms with Gasteiger partial charge in [0.15, 0.2) is 11.6 Å². The molecule has 16 heavy (non-hydrogen) atoms. The summed E-state index contributed by atoms with van der Waals surface area (Å²) >= 11 is 0. The number of carbonyl (C=O) groups excluding carboxylic acids is 1. The normalized spacial score (nSPS) is 11.2. The van der Waals surface area contributed by atoms with Crippen LogP contribution in [0.4, 0.5) is 23.2 Å². The van der Waals surface area contributed by atoms with Crippen molar-refractivity contribution in [2.24, 2.45) is 5.73 Å². The van der Waals surface area contributed by atoms with Crippen LogP contribution in [-0.4, -0.2) is 12.3 Å². The molecule has 88 valence electrons. The predicted octanol–water partition coefficient (Wildman–Crippen LogP) is 1.41. The van der Waals surface area contributed by atoms with Crippen LogP contribution in [0.25, 0.3) is 0 Å². The third-order valence-electron chi connectivity index (χ3n) is 1.61. The molecular formula is C8H6F4N2O2. The average Bonchev–Trinajstić information content (AvgIpc) is 2.08. The summed E-state index contributed by atoms with van der Waals surface area (Å²) in [5, 5.41) is 0. The minimum Gasteiger partial charge on any atom is -0.402 e. The lowest BCUT2D eigenvalue weighted by Gasteiger charge is -2.13. The monoisotopic (exact) mass is 238 g/mol. The zero-order valence-corrected chi connectivity index (χ0v) is 7.64. The molecule has 1 amide bonds. The zero-order valence-electron chi connectivity index (χ0n) is 7.64. The van der Waals surface area contributed by atoms with Gasteiger partial charge in [0, 0.05) is 5.69 Å². The molecule has 4 N–H and O–H groups in total. The summed E-state index contributed by atoms with van der Waals surface area (Å²) in [5.41, 5.74) is 8.73. The molecule has 4 nitrogen and oxygen atoms in total. The SMILES string of the molecule is NC(=O)c1c(N)ccc(F)c1OC(F)(F)F. The van der Waals surface area contributed by atoms with Gasteiger partial charge in [-0.15, -0.1) is 13.2 Å². The fraction of sp³-hybridized carbons (Fsp3) is 0.125. The van der Waals surface area contributed by atoms with Crippen LogP contribution in [0, 0.1) is 5.82 Å². The van der Waals surface area contributed by atoms with E-state index < -0.39 is 35.1 Å². The Morgan fingerprint density at radius 2 is 1.88 bits per heavy atom. The Hall–Kier alpha value is -1.99. The summed E-state index contributed by atoms with van der Waals surface area (Å²) < 4.78 is 52.1. The van der Waals surface area contributed by atoms with E-state index in [1.165, 1.54) is 0 Å². The number of benzene rings is 1. The number of rotatable bonds is 2. The van der Waals surface area contributed by atoms with Crippen LogP contribution in [0.15, 0.2) is 12.1 Å². The minimum atomic E-state index is -5.14. The summed E-state index contributed by atoms with van der Waals surface area (Å²) in [6.45, 7) is 0. The molecule has 0 atom stereocenters. The van der Waals surface area contributed by atoms with Gasteiger partial charge in [0.1, 0.15) is 5.56 Å². The van der Waals surface area contributed by atoms with Gasteiger partial charge >= 0.3 is 6.36 Å². The van der Waals surface area contributed by atoms with Gasteiger partial charge in [-0.2, -0.15) is 0 Å². The summed E-state index contributed by atoms with van der Waals surface area (Å²) in [4.78, 5) is 10.8. The topological polar surface area (TPSA) is 78.3 Å². The largest absolute Gasteiger partial charge is 0.573 e. The number of anilines is 1. The predicted molar refractivity (Wildman–Crippen MR) is 46.0 cm³/mol. The van der Waals surface area contributed by atoms with Crippen molar-refractivity contribution in [1.82, 2.24) is 0 Å². The quantitative estimate of drug-likeness (QED) is 0.603. The van der Waals surface area contributed by atoms with Crippen molar-refractivity contribution in [3.8, 4) is 5.75 Å². The Kier molecular flexibility index (Phi) is 2.92. The number of ether oxygens (including phenoxy) is 1. The van der Waals surface area contributed by atoms with Crippen molar-refractivity contribution >= 4 is 11.6 Å². The Morgan fingerprint density at radius 1 is 1.31 bits per heavy atom. The maximum absolute atomic E-state index is 13.0. The summed E-state index contributed by atoms with van der Waals surface area (Å²) in [7, 11) is 0. The Morgan fingerprint density at radius 3 is 2.31 bits per heavy atom. The van der Waals surface area contributed by atoms with E-state index in [1.807, 2.05) is 0 Å². The maximum atomic E-state index is 13.0. The second kappa shape index (κ2) is 3.87. The first-order chi connectivity index (χ1) is 7.22. The summed E-state index contributed by atoms with van der Waals surface area (Å²) in [6, 6.07) is 1.56. The molecule has 0 spiro atoms. The van der Waals surface area contributed by atoms with Gasteiger partial charge in [0.05, 0.1) is 0 Å². The fourth-order valence-electron chi connectivity index (χ4n) is 1.04. The van der Waals surface area contributed by atoms with Crippen molar-refractivity contribution in [1.29, 1.82) is 0 Å². The Bertz CT molecular complexity index is 431. The summed E-state index contributed by atoms with van der Waals surface area (Å²) in [5.74, 6) is -4.00. The van der Waals surface area contributed by atoms with Crippen LogP contribution in [0.3, 0.4) is 0 Å². The highest BCUT2D eigenvalue weighted by Gasteiger charge is 2.35. The van der Waals surface area contributed by atoms with Crippen LogP contribution in [-0.2, 0) is 0 Å². The average molecular weight is 238 g/mol. The van der Waals surface area contributed by atoms with Crippen molar-refractivity contribution in [3.63, 3.8) is 0 Å². The van der Waals surface area contributed by atoms with E-state index in [9.17, 15) is 22.4 Å². The van der Waals surface area contributed by atoms with Gasteiger partial charge in [-0.1, -0.05) is 0 Å². The lowest BCUT2D eigenvalue weighted by molar-refractivity contribution is -0.275. The van der Waals surface area contributed by atoms with Crippen molar-refractivity contribution in [3.05, 3.63) is 23.5 Å². The zero-order chi connectivity index (χ0) is 12.5. The smallest absolute Gasteiger partial charge is 0.402 e. The van der Waals surface area contributed by atoms with Crippen molar-refractivity contribution in [2.45, 2.75) is 6.36 Å². The molecule has 0 unspecified atom stereocenters. The van der Waals surface area contributed by atoms with E-state index >= 15 is 0 Å². The fourth-order valence-corrected chi connectivity index (χ4v) is 1.04. The van der Waals surface area contributed by atoms with E-state index in [4.69, 9.17) is 11.5 Å². The van der Waals surface area contributed by atoms with E-state index in [-0.39, 0.29) is 0 Å². The Labute approximate surface area is 86.8 Å². The number of hydrogen-bond donors (Lipinski definition) is 2. The van der Waals surface area contributed by atoms with Gasteiger partial charge in [-0.25, -0.2) is 4.39 Å². The van der Waals surface area contributed by atoms with E-state index in [1.54, 1.807) is 0 Å². The first-order valence-electron chi connectivity index (χ1n) is 3.86. The van der Waals surface area contributed by atoms with Crippen molar-refractivity contribution in [2.75, 3.05) is 5.73 Å². The number of nitrogens with two attached hydrogens (primary N) is 2. The van der Waals surface area contributed by atoms with Gasteiger partial charge in [0.25, 0.3) is 5.91 Å². The van der Waals surface area contributed by atoms with Gasteiger partial charge < -0.3 is 16.2 Å². The highest BCUT2D eigenvalue weighted by molar-refractivity contribution is 6.00. The molecule has 0 saturated carbocycles. The third kappa shape index (κ3) is 2.53. The summed E-state index contributed by atoms with van der Waals surface area (Å²) in [6.07, 6.45) is -5.14. The standard InChI is InChI=1S/C8H6F4N2O2/c9-3-1-2-4(13)5(7(14)15)6(3)16-8(10,11)12/h1-2H,13H2,(H2,14,15). The molecule has 0 bridgehead atoms. The molecule has 1 rings (SSSR count). The van der Waals surface area contributed by atoms with Crippen LogP contribution in [0.5, 0.6) is 5.75 Å². The number of amides is 1. The number of halogens is 4. The van der Waals surface area contributed by atoms with E-state index in [0.717, 1.165) is 6.07 Å². The molecule has 0 aliphatic rings. The highest BCUT2D eigenvalue weighted by Crippen LogP contribution is 2.32. The molecule has 0 saturated heterocycles. The molecule has 0 aliphatic heterocycles. The lowest BCUT2D eigenvalue weighted by Crippen LogP contribution is -2.23. The van der Waals surface area contributed by atoms with Crippen LogP contribution in [0.1, 0.15) is 10.4 Å². The van der Waals surface area contributed by atoms with Crippen LogP contribution in [0.2, 0.25) is 0 Å². The molecule has 0 radical (unpaired) electrons. The molecule has 8 heteroatoms. The molecule has 0 aliphatic carbocycles. The number of alkyl halides is 3. The van der Waals surface area contributed by atoms with E-state index in [2.05, 4.69) is 4.74 Å². The number of carbonyl (C=O) groups is 1. The van der Waals surface area contributed by atoms with Crippen molar-refractivity contribution < 1.29 is 27.1 Å². The van der Waals surface area contributed by atoms with Crippen LogP contribution < -0.4 is 16.2 Å². The number of nitrogen functional groups attached to an aromatic ring is 1. The van der Waals surface area contributed by atoms with E-state index in [0.29, 0.717) is 6.07 Å². The van der Waals surface area contributed by atoms with Crippen LogP contribution >= 0.6 is 0 Å². The van der Waals surface area contributed by atoms with Gasteiger partial charge in [0.2, 0.25) is 0 Å². The second-order valence-corrected chi connectivity index (χ2v) is 2.75. The maximum Gasteiger partial charge on any atom is 0.573 e. The first kappa shape index (κ1) is 12.1. The highest BCUT2D eigenvalue weighted by atomic mass is 19.4. The molecule has 1 aromatic carbocycles. The molecule has 0 fully saturated rings. The lowest BCUT2D eigenvalue weighted by atomic mass is 10.1. The minimum absolute atomic E-state index is 0.395. The Balaban J connectivity index is 3.35. The molecule has 0 heterocycles. The number of hydrogen-bond acceptors (Lipinski definition) is 3. The number of primary amides is 1. The van der Waals surface area contributed by atoms with Gasteiger partial charge in [-0.3, -0.25) is 4.79 Å². The second-order valence-electron chi connectivity index (χ2n) is 2.75. The van der Waals surface area contributed by atoms with Gasteiger partial charge in [-0.05, 0) is 12.1 Å². The molecular weight excluding hydrogens is 232 g/mol. The molecule has 1 aromatic rings.